The van der Waals surface area contributed by atoms with Crippen LogP contribution >= 0.6 is 12.4 Å². The molecule has 6 heteroatoms. The molecule has 3 rings (SSSR count). The highest BCUT2D eigenvalue weighted by Crippen LogP contribution is 2.24. The summed E-state index contributed by atoms with van der Waals surface area (Å²) in [6, 6.07) is 21.6. The van der Waals surface area contributed by atoms with Crippen molar-refractivity contribution in [2.75, 3.05) is 19.7 Å². The molecule has 0 radical (unpaired) electrons. The Morgan fingerprint density at radius 2 is 1.66 bits per heavy atom. The van der Waals surface area contributed by atoms with Crippen molar-refractivity contribution in [3.8, 4) is 16.9 Å². The molecule has 0 aliphatic carbocycles. The molecule has 0 saturated carbocycles. The van der Waals surface area contributed by atoms with Gasteiger partial charge in [-0.15, -0.1) is 12.4 Å². The number of primary amides is 1. The zero-order valence-corrected chi connectivity index (χ0v) is 16.8. The van der Waals surface area contributed by atoms with E-state index in [0.29, 0.717) is 18.7 Å². The summed E-state index contributed by atoms with van der Waals surface area (Å²) in [5.74, 6) is 0.106. The van der Waals surface area contributed by atoms with Gasteiger partial charge in [0.1, 0.15) is 18.2 Å². The van der Waals surface area contributed by atoms with E-state index in [1.165, 1.54) is 6.07 Å². The molecule has 0 fully saturated rings. The average molecular weight is 415 g/mol. The molecule has 0 atom stereocenters. The third kappa shape index (κ3) is 6.89. The van der Waals surface area contributed by atoms with Crippen molar-refractivity contribution < 1.29 is 13.9 Å². The summed E-state index contributed by atoms with van der Waals surface area (Å²) in [4.78, 5) is 11.4. The topological polar surface area (TPSA) is 64.4 Å². The SMILES string of the molecule is Cl.NC(=O)c1cccc(-c2cccc(OCCNCCc3cccc(F)c3)c2)c1. The molecule has 3 aromatic rings. The van der Waals surface area contributed by atoms with Crippen LogP contribution in [0.25, 0.3) is 11.1 Å². The fraction of sp³-hybridized carbons (Fsp3) is 0.174. The van der Waals surface area contributed by atoms with E-state index in [0.717, 1.165) is 35.4 Å². The lowest BCUT2D eigenvalue weighted by Gasteiger charge is -2.10. The standard InChI is InChI=1S/C23H23FN2O2.ClH/c24-21-8-1-4-17(14-21)10-11-26-12-13-28-22-9-3-6-19(16-22)18-5-2-7-20(15-18)23(25)27;/h1-9,14-16,26H,10-13H2,(H2,25,27);1H. The van der Waals surface area contributed by atoms with Gasteiger partial charge in [0.05, 0.1) is 0 Å². The van der Waals surface area contributed by atoms with E-state index < -0.39 is 5.91 Å². The van der Waals surface area contributed by atoms with Crippen molar-refractivity contribution in [1.29, 1.82) is 0 Å². The third-order valence-corrected chi connectivity index (χ3v) is 4.34. The molecule has 0 bridgehead atoms. The summed E-state index contributed by atoms with van der Waals surface area (Å²) in [6.07, 6.45) is 0.767. The number of hydrogen-bond donors (Lipinski definition) is 2. The van der Waals surface area contributed by atoms with E-state index in [1.54, 1.807) is 24.3 Å². The number of rotatable bonds is 9. The zero-order valence-electron chi connectivity index (χ0n) is 15.9. The van der Waals surface area contributed by atoms with Crippen LogP contribution in [-0.4, -0.2) is 25.6 Å². The molecular weight excluding hydrogens is 391 g/mol. The Morgan fingerprint density at radius 3 is 2.41 bits per heavy atom. The van der Waals surface area contributed by atoms with Gasteiger partial charge in [-0.2, -0.15) is 0 Å². The van der Waals surface area contributed by atoms with E-state index in [1.807, 2.05) is 42.5 Å². The maximum Gasteiger partial charge on any atom is 0.248 e. The van der Waals surface area contributed by atoms with Crippen LogP contribution in [0.15, 0.2) is 72.8 Å². The first-order chi connectivity index (χ1) is 13.6. The first-order valence-electron chi connectivity index (χ1n) is 9.20. The molecule has 0 spiro atoms. The highest BCUT2D eigenvalue weighted by atomic mass is 35.5. The first-order valence-corrected chi connectivity index (χ1v) is 9.20. The van der Waals surface area contributed by atoms with Crippen LogP contribution < -0.4 is 15.8 Å². The molecule has 4 nitrogen and oxygen atoms in total. The Morgan fingerprint density at radius 1 is 0.931 bits per heavy atom. The van der Waals surface area contributed by atoms with Crippen molar-refractivity contribution in [1.82, 2.24) is 5.32 Å². The second-order valence-electron chi connectivity index (χ2n) is 6.45. The van der Waals surface area contributed by atoms with Gasteiger partial charge in [-0.1, -0.05) is 36.4 Å². The smallest absolute Gasteiger partial charge is 0.248 e. The van der Waals surface area contributed by atoms with Crippen LogP contribution in [0.5, 0.6) is 5.75 Å². The van der Waals surface area contributed by atoms with Gasteiger partial charge in [-0.3, -0.25) is 4.79 Å². The second-order valence-corrected chi connectivity index (χ2v) is 6.45. The number of nitrogens with one attached hydrogen (secondary N) is 1. The Bertz CT molecular complexity index is 949. The van der Waals surface area contributed by atoms with E-state index in [2.05, 4.69) is 5.32 Å². The van der Waals surface area contributed by atoms with Gasteiger partial charge in [0.25, 0.3) is 0 Å². The van der Waals surface area contributed by atoms with Gasteiger partial charge in [0.15, 0.2) is 0 Å². The van der Waals surface area contributed by atoms with Crippen molar-refractivity contribution in [3.63, 3.8) is 0 Å². The number of amides is 1. The largest absolute Gasteiger partial charge is 0.492 e. The van der Waals surface area contributed by atoms with Crippen molar-refractivity contribution in [3.05, 3.63) is 89.7 Å². The Kier molecular flexibility index (Phi) is 8.65. The van der Waals surface area contributed by atoms with Crippen LogP contribution in [-0.2, 0) is 6.42 Å². The summed E-state index contributed by atoms with van der Waals surface area (Å²) >= 11 is 0. The normalized spacial score (nSPS) is 10.2. The predicted octanol–water partition coefficient (Wildman–Crippen LogP) is 4.22. The summed E-state index contributed by atoms with van der Waals surface area (Å²) in [5, 5.41) is 3.29. The first kappa shape index (κ1) is 22.4. The minimum atomic E-state index is -0.446. The van der Waals surface area contributed by atoms with Gasteiger partial charge in [0, 0.05) is 12.1 Å². The minimum absolute atomic E-state index is 0. The van der Waals surface area contributed by atoms with Gasteiger partial charge in [-0.25, -0.2) is 4.39 Å². The number of carbonyl (C=O) groups is 1. The van der Waals surface area contributed by atoms with Crippen LogP contribution in [0, 0.1) is 5.82 Å². The van der Waals surface area contributed by atoms with Crippen LogP contribution in [0.2, 0.25) is 0 Å². The third-order valence-electron chi connectivity index (χ3n) is 4.34. The molecule has 0 aliphatic heterocycles. The molecular formula is C23H24ClFN2O2. The lowest BCUT2D eigenvalue weighted by Crippen LogP contribution is -2.23. The van der Waals surface area contributed by atoms with Crippen LogP contribution in [0.1, 0.15) is 15.9 Å². The quantitative estimate of drug-likeness (QED) is 0.515. The Hall–Kier alpha value is -2.89. The van der Waals surface area contributed by atoms with E-state index in [-0.39, 0.29) is 18.2 Å². The van der Waals surface area contributed by atoms with E-state index >= 15 is 0 Å². The molecule has 1 amide bonds. The van der Waals surface area contributed by atoms with Crippen LogP contribution in [0.3, 0.4) is 0 Å². The van der Waals surface area contributed by atoms with Gasteiger partial charge in [0.2, 0.25) is 5.91 Å². The molecule has 0 saturated heterocycles. The Balaban J connectivity index is 0.00000300. The predicted molar refractivity (Wildman–Crippen MR) is 116 cm³/mol. The van der Waals surface area contributed by atoms with Crippen LogP contribution in [0.4, 0.5) is 4.39 Å². The van der Waals surface area contributed by atoms with Crippen molar-refractivity contribution in [2.45, 2.75) is 6.42 Å². The van der Waals surface area contributed by atoms with E-state index in [9.17, 15) is 9.18 Å². The molecule has 0 unspecified atom stereocenters. The lowest BCUT2D eigenvalue weighted by molar-refractivity contribution is 0.100. The number of carbonyl (C=O) groups excluding carboxylic acids is 1. The summed E-state index contributed by atoms with van der Waals surface area (Å²) < 4.78 is 18.9. The highest BCUT2D eigenvalue weighted by Gasteiger charge is 2.04. The van der Waals surface area contributed by atoms with Gasteiger partial charge >= 0.3 is 0 Å². The number of halogens is 2. The summed E-state index contributed by atoms with van der Waals surface area (Å²) in [5.41, 5.74) is 8.67. The maximum absolute atomic E-state index is 13.1. The fourth-order valence-corrected chi connectivity index (χ4v) is 2.91. The van der Waals surface area contributed by atoms with E-state index in [4.69, 9.17) is 10.5 Å². The number of ether oxygens (including phenoxy) is 1. The van der Waals surface area contributed by atoms with Gasteiger partial charge in [-0.05, 0) is 66.1 Å². The molecule has 3 N–H and O–H groups in total. The molecule has 29 heavy (non-hydrogen) atoms. The van der Waals surface area contributed by atoms with Gasteiger partial charge < -0.3 is 15.8 Å². The molecule has 0 heterocycles. The average Bonchev–Trinajstić information content (AvgIpc) is 2.71. The fourth-order valence-electron chi connectivity index (χ4n) is 2.91. The monoisotopic (exact) mass is 414 g/mol. The maximum atomic E-state index is 13.1. The number of nitrogens with two attached hydrogens (primary N) is 1. The number of hydrogen-bond acceptors (Lipinski definition) is 3. The molecule has 3 aromatic carbocycles. The second kappa shape index (κ2) is 11.2. The molecule has 0 aromatic heterocycles. The van der Waals surface area contributed by atoms with Crippen molar-refractivity contribution in [2.24, 2.45) is 5.73 Å². The molecule has 152 valence electrons. The summed E-state index contributed by atoms with van der Waals surface area (Å²) in [6.45, 7) is 1.97. The molecule has 0 aliphatic rings. The zero-order chi connectivity index (χ0) is 19.8. The lowest BCUT2D eigenvalue weighted by atomic mass is 10.0. The number of benzene rings is 3. The summed E-state index contributed by atoms with van der Waals surface area (Å²) in [7, 11) is 0. The Labute approximate surface area is 176 Å². The minimum Gasteiger partial charge on any atom is -0.492 e. The van der Waals surface area contributed by atoms with Crippen molar-refractivity contribution >= 4 is 18.3 Å². The highest BCUT2D eigenvalue weighted by molar-refractivity contribution is 5.94.